The summed E-state index contributed by atoms with van der Waals surface area (Å²) in [7, 11) is -2.18. The zero-order valence-corrected chi connectivity index (χ0v) is 34.6. The molecular weight excluding hydrogens is 705 g/mol. The summed E-state index contributed by atoms with van der Waals surface area (Å²) in [6.45, 7) is 18.8. The van der Waals surface area contributed by atoms with Gasteiger partial charge in [-0.05, 0) is 89.0 Å². The Balaban J connectivity index is 1.37. The standard InChI is InChI=1S/C46H56N2O6Si/c1-30(2)55(31(3)4,32(5)6)54-35-25-23-34(24-26-35)28-42(44(50)53-46(7,8)9)47-43(49)41(27-33-17-11-10-12-18-33)48-45(51)52-29-40-38-21-15-13-19-36(38)37-20-14-16-22-39(37)40/h10-26,28,30-32,40-41H,27,29H2,1-9H3,(H,47,49)(H,48,51)/b42-28-/t41-/m0/s1. The Morgan fingerprint density at radius 3 is 1.78 bits per heavy atom. The molecular formula is C46H56N2O6Si. The topological polar surface area (TPSA) is 103 Å². The average molecular weight is 761 g/mol. The van der Waals surface area contributed by atoms with Crippen LogP contribution in [0.3, 0.4) is 0 Å². The van der Waals surface area contributed by atoms with Crippen LogP contribution in [0.2, 0.25) is 16.6 Å². The van der Waals surface area contributed by atoms with Crippen molar-refractivity contribution in [3.8, 4) is 16.9 Å². The summed E-state index contributed by atoms with van der Waals surface area (Å²) in [4.78, 5) is 41.1. The summed E-state index contributed by atoms with van der Waals surface area (Å²) in [6.07, 6.45) is 1.01. The van der Waals surface area contributed by atoms with Crippen molar-refractivity contribution in [1.82, 2.24) is 10.6 Å². The van der Waals surface area contributed by atoms with Gasteiger partial charge < -0.3 is 24.5 Å². The number of benzene rings is 4. The molecule has 1 aliphatic rings. The van der Waals surface area contributed by atoms with E-state index in [-0.39, 0.29) is 24.6 Å². The fourth-order valence-corrected chi connectivity index (χ4v) is 13.1. The monoisotopic (exact) mass is 760 g/mol. The van der Waals surface area contributed by atoms with Gasteiger partial charge in [0, 0.05) is 12.3 Å². The van der Waals surface area contributed by atoms with E-state index in [1.54, 1.807) is 26.8 Å². The van der Waals surface area contributed by atoms with Gasteiger partial charge in [0.25, 0.3) is 8.32 Å². The number of amides is 2. The molecule has 55 heavy (non-hydrogen) atoms. The minimum Gasteiger partial charge on any atom is -0.543 e. The molecule has 0 heterocycles. The van der Waals surface area contributed by atoms with Crippen LogP contribution in [0.25, 0.3) is 17.2 Å². The zero-order chi connectivity index (χ0) is 39.9. The molecule has 290 valence electrons. The molecule has 1 aliphatic carbocycles. The minimum absolute atomic E-state index is 0.0590. The molecule has 4 aromatic carbocycles. The fourth-order valence-electron chi connectivity index (χ4n) is 7.90. The van der Waals surface area contributed by atoms with E-state index in [1.165, 1.54) is 0 Å². The Hall–Kier alpha value is -5.15. The van der Waals surface area contributed by atoms with Crippen molar-refractivity contribution in [3.63, 3.8) is 0 Å². The van der Waals surface area contributed by atoms with Crippen molar-refractivity contribution in [2.45, 2.75) is 103 Å². The molecule has 1 atom stereocenters. The minimum atomic E-state index is -2.18. The number of hydrogen-bond acceptors (Lipinski definition) is 6. The van der Waals surface area contributed by atoms with Gasteiger partial charge in [-0.2, -0.15) is 0 Å². The van der Waals surface area contributed by atoms with Crippen molar-refractivity contribution >= 4 is 32.4 Å². The van der Waals surface area contributed by atoms with Gasteiger partial charge in [-0.3, -0.25) is 4.79 Å². The number of hydrogen-bond donors (Lipinski definition) is 2. The molecule has 9 heteroatoms. The van der Waals surface area contributed by atoms with E-state index in [0.717, 1.165) is 33.6 Å². The summed E-state index contributed by atoms with van der Waals surface area (Å²) in [5.41, 5.74) is 6.25. The largest absolute Gasteiger partial charge is 0.543 e. The van der Waals surface area contributed by atoms with Gasteiger partial charge in [0.1, 0.15) is 29.7 Å². The first-order chi connectivity index (χ1) is 26.1. The van der Waals surface area contributed by atoms with Crippen LogP contribution in [0.5, 0.6) is 5.75 Å². The number of carbonyl (C=O) groups is 3. The van der Waals surface area contributed by atoms with Crippen LogP contribution in [0.4, 0.5) is 4.79 Å². The van der Waals surface area contributed by atoms with Crippen molar-refractivity contribution in [2.24, 2.45) is 0 Å². The number of fused-ring (bicyclic) bond motifs is 3. The van der Waals surface area contributed by atoms with Crippen LogP contribution in [-0.2, 0) is 25.5 Å². The van der Waals surface area contributed by atoms with Gasteiger partial charge in [-0.25, -0.2) is 9.59 Å². The third-order valence-corrected chi connectivity index (χ3v) is 16.3. The maximum atomic E-state index is 14.1. The maximum absolute atomic E-state index is 14.1. The highest BCUT2D eigenvalue weighted by molar-refractivity contribution is 6.78. The Kier molecular flexibility index (Phi) is 13.1. The van der Waals surface area contributed by atoms with E-state index in [9.17, 15) is 14.4 Å². The maximum Gasteiger partial charge on any atom is 0.407 e. The quantitative estimate of drug-likeness (QED) is 0.0754. The lowest BCUT2D eigenvalue weighted by Crippen LogP contribution is -2.50. The molecule has 0 saturated carbocycles. The summed E-state index contributed by atoms with van der Waals surface area (Å²) in [5.74, 6) is -0.654. The van der Waals surface area contributed by atoms with Gasteiger partial charge in [-0.1, -0.05) is 133 Å². The van der Waals surface area contributed by atoms with E-state index in [1.807, 2.05) is 78.9 Å². The molecule has 0 aliphatic heterocycles. The molecule has 0 radical (unpaired) electrons. The van der Waals surface area contributed by atoms with Crippen molar-refractivity contribution in [2.75, 3.05) is 6.61 Å². The third-order valence-electron chi connectivity index (χ3n) is 10.3. The van der Waals surface area contributed by atoms with Crippen LogP contribution in [0.15, 0.2) is 109 Å². The van der Waals surface area contributed by atoms with Gasteiger partial charge in [0.2, 0.25) is 5.91 Å². The SMILES string of the molecule is CC(C)[Si](Oc1ccc(/C=C(\NC(=O)[C@H](Cc2ccccc2)NC(=O)OCC2c3ccccc3-c3ccccc32)C(=O)OC(C)(C)C)cc1)(C(C)C)C(C)C. The normalized spacial score (nSPS) is 13.6. The number of rotatable bonds is 14. The molecule has 0 saturated heterocycles. The molecule has 0 aromatic heterocycles. The molecule has 0 spiro atoms. The predicted molar refractivity (Wildman–Crippen MR) is 222 cm³/mol. The van der Waals surface area contributed by atoms with Gasteiger partial charge >= 0.3 is 12.1 Å². The highest BCUT2D eigenvalue weighted by atomic mass is 28.4. The van der Waals surface area contributed by atoms with Crippen LogP contribution in [0.1, 0.15) is 90.5 Å². The first-order valence-electron chi connectivity index (χ1n) is 19.3. The van der Waals surface area contributed by atoms with Crippen molar-refractivity contribution < 1.29 is 28.3 Å². The third kappa shape index (κ3) is 9.94. The first kappa shape index (κ1) is 41.0. The zero-order valence-electron chi connectivity index (χ0n) is 33.6. The number of nitrogens with one attached hydrogen (secondary N) is 2. The summed E-state index contributed by atoms with van der Waals surface area (Å²) < 4.78 is 18.4. The number of alkyl carbamates (subject to hydrolysis) is 1. The molecule has 0 fully saturated rings. The number of ether oxygens (including phenoxy) is 2. The lowest BCUT2D eigenvalue weighted by molar-refractivity contribution is -0.151. The lowest BCUT2D eigenvalue weighted by atomic mass is 9.98. The van der Waals surface area contributed by atoms with Crippen LogP contribution in [-0.4, -0.2) is 44.5 Å². The number of esters is 1. The van der Waals surface area contributed by atoms with E-state index < -0.39 is 37.9 Å². The predicted octanol–water partition coefficient (Wildman–Crippen LogP) is 10.2. The molecule has 8 nitrogen and oxygen atoms in total. The highest BCUT2D eigenvalue weighted by Crippen LogP contribution is 2.45. The second-order valence-corrected chi connectivity index (χ2v) is 21.6. The van der Waals surface area contributed by atoms with Crippen LogP contribution < -0.4 is 15.1 Å². The Bertz CT molecular complexity index is 1910. The summed E-state index contributed by atoms with van der Waals surface area (Å²) >= 11 is 0. The molecule has 0 unspecified atom stereocenters. The highest BCUT2D eigenvalue weighted by Gasteiger charge is 2.47. The van der Waals surface area contributed by atoms with Crippen LogP contribution >= 0.6 is 0 Å². The molecule has 5 rings (SSSR count). The Morgan fingerprint density at radius 2 is 1.25 bits per heavy atom. The van der Waals surface area contributed by atoms with Gasteiger partial charge in [0.15, 0.2) is 0 Å². The van der Waals surface area contributed by atoms with E-state index in [0.29, 0.717) is 22.2 Å². The second kappa shape index (κ2) is 17.5. The number of carbonyl (C=O) groups excluding carboxylic acids is 3. The Morgan fingerprint density at radius 1 is 0.727 bits per heavy atom. The lowest BCUT2D eigenvalue weighted by Gasteiger charge is -2.42. The second-order valence-electron chi connectivity index (χ2n) is 16.3. The summed E-state index contributed by atoms with van der Waals surface area (Å²) in [6, 6.07) is 32.1. The van der Waals surface area contributed by atoms with Gasteiger partial charge in [0.05, 0.1) is 0 Å². The Labute approximate surface area is 327 Å². The van der Waals surface area contributed by atoms with Crippen molar-refractivity contribution in [1.29, 1.82) is 0 Å². The van der Waals surface area contributed by atoms with Gasteiger partial charge in [-0.15, -0.1) is 0 Å². The fraction of sp³-hybridized carbons (Fsp3) is 0.370. The molecule has 2 amide bonds. The molecule has 4 aromatic rings. The first-order valence-corrected chi connectivity index (χ1v) is 21.4. The van der Waals surface area contributed by atoms with Crippen LogP contribution in [0, 0.1) is 0 Å². The average Bonchev–Trinajstić information content (AvgIpc) is 3.45. The van der Waals surface area contributed by atoms with E-state index >= 15 is 0 Å². The van der Waals surface area contributed by atoms with Crippen molar-refractivity contribution in [3.05, 3.63) is 131 Å². The molecule has 0 bridgehead atoms. The smallest absolute Gasteiger partial charge is 0.407 e. The van der Waals surface area contributed by atoms with E-state index in [2.05, 4.69) is 76.4 Å². The molecule has 2 N–H and O–H groups in total. The summed E-state index contributed by atoms with van der Waals surface area (Å²) in [5, 5.41) is 5.57. The van der Waals surface area contributed by atoms with E-state index in [4.69, 9.17) is 13.9 Å².